The van der Waals surface area contributed by atoms with Crippen LogP contribution in [-0.4, -0.2) is 32.1 Å². The first-order chi connectivity index (χ1) is 15.6. The van der Waals surface area contributed by atoms with Gasteiger partial charge in [0.15, 0.2) is 6.10 Å². The second kappa shape index (κ2) is 8.01. The van der Waals surface area contributed by atoms with Gasteiger partial charge in [-0.1, -0.05) is 36.4 Å². The molecule has 2 aliphatic heterocycles. The molecule has 2 saturated heterocycles. The van der Waals surface area contributed by atoms with Crippen molar-refractivity contribution in [2.75, 3.05) is 24.2 Å². The predicted octanol–water partition coefficient (Wildman–Crippen LogP) is 3.75. The van der Waals surface area contributed by atoms with Crippen LogP contribution in [0, 0.1) is 5.92 Å². The monoisotopic (exact) mass is 430 g/mol. The van der Waals surface area contributed by atoms with Crippen molar-refractivity contribution < 1.29 is 23.9 Å². The predicted molar refractivity (Wildman–Crippen MR) is 119 cm³/mol. The lowest BCUT2D eigenvalue weighted by Crippen LogP contribution is -2.37. The Morgan fingerprint density at radius 1 is 0.781 bits per heavy atom. The van der Waals surface area contributed by atoms with Crippen molar-refractivity contribution in [3.05, 3.63) is 84.4 Å². The number of carbonyl (C=O) groups is 2. The molecule has 0 aromatic heterocycles. The minimum atomic E-state index is -0.931. The Hall–Kier alpha value is -3.84. The SMILES string of the molecule is COc1ccc([C@H]2[C@@H]3C(=O)N(c4ccccc4)C(=O)[C@H]3ON2c2ccccc2)c(OC)c1. The molecule has 0 saturated carbocycles. The van der Waals surface area contributed by atoms with E-state index in [0.717, 1.165) is 11.3 Å². The molecule has 2 aliphatic rings. The van der Waals surface area contributed by atoms with Crippen LogP contribution >= 0.6 is 0 Å². The number of benzene rings is 3. The summed E-state index contributed by atoms with van der Waals surface area (Å²) in [5.74, 6) is -0.218. The number of hydrogen-bond acceptors (Lipinski definition) is 6. The van der Waals surface area contributed by atoms with Gasteiger partial charge in [0.25, 0.3) is 5.91 Å². The summed E-state index contributed by atoms with van der Waals surface area (Å²) in [7, 11) is 3.15. The van der Waals surface area contributed by atoms with Crippen molar-refractivity contribution in [1.29, 1.82) is 0 Å². The van der Waals surface area contributed by atoms with Gasteiger partial charge in [0, 0.05) is 11.6 Å². The zero-order valence-electron chi connectivity index (χ0n) is 17.7. The van der Waals surface area contributed by atoms with E-state index in [1.54, 1.807) is 49.6 Å². The van der Waals surface area contributed by atoms with Gasteiger partial charge in [-0.25, -0.2) is 9.96 Å². The normalized spacial score (nSPS) is 22.2. The summed E-state index contributed by atoms with van der Waals surface area (Å²) in [6, 6.07) is 23.2. The van der Waals surface area contributed by atoms with Crippen molar-refractivity contribution in [3.63, 3.8) is 0 Å². The first-order valence-electron chi connectivity index (χ1n) is 10.3. The number of carbonyl (C=O) groups excluding carboxylic acids is 2. The molecule has 32 heavy (non-hydrogen) atoms. The van der Waals surface area contributed by atoms with Crippen molar-refractivity contribution >= 4 is 23.2 Å². The quantitative estimate of drug-likeness (QED) is 0.575. The van der Waals surface area contributed by atoms with Gasteiger partial charge in [-0.05, 0) is 36.4 Å². The van der Waals surface area contributed by atoms with E-state index in [1.807, 2.05) is 48.5 Å². The number of amides is 2. The van der Waals surface area contributed by atoms with Gasteiger partial charge < -0.3 is 9.47 Å². The number of anilines is 2. The Kier molecular flexibility index (Phi) is 5.03. The van der Waals surface area contributed by atoms with E-state index in [-0.39, 0.29) is 11.8 Å². The first kappa shape index (κ1) is 20.1. The van der Waals surface area contributed by atoms with Gasteiger partial charge >= 0.3 is 0 Å². The van der Waals surface area contributed by atoms with E-state index in [9.17, 15) is 9.59 Å². The second-order valence-corrected chi connectivity index (χ2v) is 7.61. The average Bonchev–Trinajstić information content (AvgIpc) is 3.35. The molecular formula is C25H22N2O5. The summed E-state index contributed by atoms with van der Waals surface area (Å²) < 4.78 is 11.0. The highest BCUT2D eigenvalue weighted by molar-refractivity contribution is 6.23. The molecule has 3 atom stereocenters. The van der Waals surface area contributed by atoms with Crippen LogP contribution in [0.15, 0.2) is 78.9 Å². The fourth-order valence-corrected chi connectivity index (χ4v) is 4.42. The van der Waals surface area contributed by atoms with E-state index in [1.165, 1.54) is 4.90 Å². The molecule has 7 heteroatoms. The highest BCUT2D eigenvalue weighted by atomic mass is 16.7. The number of fused-ring (bicyclic) bond motifs is 1. The minimum Gasteiger partial charge on any atom is -0.497 e. The molecule has 3 aromatic rings. The van der Waals surface area contributed by atoms with E-state index >= 15 is 0 Å². The summed E-state index contributed by atoms with van der Waals surface area (Å²) in [4.78, 5) is 34.3. The molecule has 0 N–H and O–H groups in total. The molecule has 0 spiro atoms. The Balaban J connectivity index is 1.63. The number of rotatable bonds is 5. The fourth-order valence-electron chi connectivity index (χ4n) is 4.42. The standard InChI is InChI=1S/C25H22N2O5/c1-30-18-13-14-19(20(15-18)31-2)22-21-23(32-27(22)17-11-7-4-8-12-17)25(29)26(24(21)28)16-9-5-3-6-10-16/h3-15,21-23H,1-2H3/t21-,22-,23-/m0/s1. The van der Waals surface area contributed by atoms with Crippen molar-refractivity contribution in [2.45, 2.75) is 12.1 Å². The molecular weight excluding hydrogens is 408 g/mol. The smallest absolute Gasteiger partial charge is 0.266 e. The molecule has 3 aromatic carbocycles. The maximum Gasteiger partial charge on any atom is 0.266 e. The number of hydrogen-bond donors (Lipinski definition) is 0. The molecule has 0 aliphatic carbocycles. The van der Waals surface area contributed by atoms with Crippen LogP contribution in [0.3, 0.4) is 0 Å². The number of para-hydroxylation sites is 2. The van der Waals surface area contributed by atoms with Crippen LogP contribution in [0.4, 0.5) is 11.4 Å². The largest absolute Gasteiger partial charge is 0.497 e. The molecule has 7 nitrogen and oxygen atoms in total. The van der Waals surface area contributed by atoms with Crippen LogP contribution in [0.5, 0.6) is 11.5 Å². The number of methoxy groups -OCH3 is 2. The third-order valence-electron chi connectivity index (χ3n) is 5.90. The van der Waals surface area contributed by atoms with Crippen LogP contribution in [-0.2, 0) is 14.4 Å². The first-order valence-corrected chi connectivity index (χ1v) is 10.3. The molecule has 0 radical (unpaired) electrons. The zero-order chi connectivity index (χ0) is 22.2. The van der Waals surface area contributed by atoms with Crippen molar-refractivity contribution in [1.82, 2.24) is 0 Å². The number of nitrogens with zero attached hydrogens (tertiary/aromatic N) is 2. The summed E-state index contributed by atoms with van der Waals surface area (Å²) in [6.45, 7) is 0. The van der Waals surface area contributed by atoms with Gasteiger partial charge in [0.1, 0.15) is 17.4 Å². The topological polar surface area (TPSA) is 68.3 Å². The molecule has 0 bridgehead atoms. The van der Waals surface area contributed by atoms with Gasteiger partial charge in [-0.15, -0.1) is 0 Å². The molecule has 2 heterocycles. The van der Waals surface area contributed by atoms with Gasteiger partial charge in [-0.2, -0.15) is 0 Å². The Morgan fingerprint density at radius 2 is 1.44 bits per heavy atom. The molecule has 5 rings (SSSR count). The minimum absolute atomic E-state index is 0.299. The van der Waals surface area contributed by atoms with E-state index in [4.69, 9.17) is 14.3 Å². The van der Waals surface area contributed by atoms with Crippen molar-refractivity contribution in [2.24, 2.45) is 5.92 Å². The maximum atomic E-state index is 13.6. The van der Waals surface area contributed by atoms with Crippen molar-refractivity contribution in [3.8, 4) is 11.5 Å². The van der Waals surface area contributed by atoms with Crippen LogP contribution in [0.2, 0.25) is 0 Å². The number of hydroxylamine groups is 1. The Morgan fingerprint density at radius 3 is 2.06 bits per heavy atom. The average molecular weight is 430 g/mol. The molecule has 2 fully saturated rings. The second-order valence-electron chi connectivity index (χ2n) is 7.61. The van der Waals surface area contributed by atoms with Gasteiger partial charge in [-0.3, -0.25) is 14.4 Å². The van der Waals surface area contributed by atoms with E-state index in [0.29, 0.717) is 17.2 Å². The van der Waals surface area contributed by atoms with E-state index in [2.05, 4.69) is 0 Å². The lowest BCUT2D eigenvalue weighted by molar-refractivity contribution is -0.126. The lowest BCUT2D eigenvalue weighted by Gasteiger charge is -2.29. The van der Waals surface area contributed by atoms with Gasteiger partial charge in [0.05, 0.1) is 31.6 Å². The van der Waals surface area contributed by atoms with Crippen LogP contribution in [0.1, 0.15) is 11.6 Å². The van der Waals surface area contributed by atoms with Crippen LogP contribution in [0.25, 0.3) is 0 Å². The lowest BCUT2D eigenvalue weighted by atomic mass is 9.90. The van der Waals surface area contributed by atoms with E-state index < -0.39 is 18.1 Å². The summed E-state index contributed by atoms with van der Waals surface area (Å²) >= 11 is 0. The highest BCUT2D eigenvalue weighted by Crippen LogP contribution is 2.49. The molecule has 162 valence electrons. The Labute approximate surface area is 185 Å². The number of ether oxygens (including phenoxy) is 2. The highest BCUT2D eigenvalue weighted by Gasteiger charge is 2.60. The fraction of sp³-hybridized carbons (Fsp3) is 0.200. The Bertz CT molecular complexity index is 1150. The number of imide groups is 1. The summed E-state index contributed by atoms with van der Waals surface area (Å²) in [6.07, 6.45) is -0.931. The molecule has 2 amide bonds. The maximum absolute atomic E-state index is 13.6. The molecule has 0 unspecified atom stereocenters. The summed E-state index contributed by atoms with van der Waals surface area (Å²) in [5.41, 5.74) is 2.02. The van der Waals surface area contributed by atoms with Crippen LogP contribution < -0.4 is 19.4 Å². The summed E-state index contributed by atoms with van der Waals surface area (Å²) in [5, 5.41) is 1.65. The van der Waals surface area contributed by atoms with Gasteiger partial charge in [0.2, 0.25) is 5.91 Å². The third-order valence-corrected chi connectivity index (χ3v) is 5.90. The third kappa shape index (κ3) is 3.09. The zero-order valence-corrected chi connectivity index (χ0v) is 17.7.